The van der Waals surface area contributed by atoms with Crippen LogP contribution in [0.2, 0.25) is 5.02 Å². The number of methoxy groups -OCH3 is 1. The Hall–Kier alpha value is -0.580. The highest BCUT2D eigenvalue weighted by molar-refractivity contribution is 6.31. The van der Waals surface area contributed by atoms with Crippen molar-refractivity contribution in [3.05, 3.63) is 16.9 Å². The van der Waals surface area contributed by atoms with E-state index in [1.54, 1.807) is 6.20 Å². The molecule has 2 rings (SSSR count). The van der Waals surface area contributed by atoms with Gasteiger partial charge in [-0.25, -0.2) is 0 Å². The van der Waals surface area contributed by atoms with E-state index < -0.39 is 0 Å². The van der Waals surface area contributed by atoms with Gasteiger partial charge < -0.3 is 10.1 Å². The second kappa shape index (κ2) is 6.25. The highest BCUT2D eigenvalue weighted by Crippen LogP contribution is 2.42. The topological polar surface area (TPSA) is 39.1 Å². The van der Waals surface area contributed by atoms with E-state index >= 15 is 0 Å². The summed E-state index contributed by atoms with van der Waals surface area (Å²) in [6.45, 7) is 3.15. The summed E-state index contributed by atoms with van der Waals surface area (Å²) in [5, 5.41) is 8.57. The molecule has 1 atom stereocenters. The number of ether oxygens (including phenoxy) is 1. The van der Waals surface area contributed by atoms with Crippen LogP contribution in [-0.4, -0.2) is 29.0 Å². The fraction of sp³-hybridized carbons (Fsp3) is 0.786. The van der Waals surface area contributed by atoms with Crippen LogP contribution in [-0.2, 0) is 11.8 Å². The normalized spacial score (nSPS) is 19.2. The first-order chi connectivity index (χ1) is 9.12. The van der Waals surface area contributed by atoms with Crippen molar-refractivity contribution >= 4 is 11.6 Å². The maximum atomic E-state index is 6.29. The van der Waals surface area contributed by atoms with Gasteiger partial charge in [0.25, 0.3) is 0 Å². The van der Waals surface area contributed by atoms with E-state index in [-0.39, 0.29) is 11.6 Å². The molecule has 4 nitrogen and oxygen atoms in total. The summed E-state index contributed by atoms with van der Waals surface area (Å²) >= 11 is 6.29. The Morgan fingerprint density at radius 1 is 1.58 bits per heavy atom. The van der Waals surface area contributed by atoms with Crippen LogP contribution in [0.4, 0.5) is 0 Å². The van der Waals surface area contributed by atoms with Crippen molar-refractivity contribution in [2.45, 2.75) is 50.7 Å². The lowest BCUT2D eigenvalue weighted by Gasteiger charge is -2.43. The fourth-order valence-electron chi connectivity index (χ4n) is 2.83. The van der Waals surface area contributed by atoms with Crippen molar-refractivity contribution in [1.29, 1.82) is 0 Å². The predicted molar refractivity (Wildman–Crippen MR) is 77.5 cm³/mol. The Morgan fingerprint density at radius 2 is 2.32 bits per heavy atom. The third-order valence-electron chi connectivity index (χ3n) is 4.18. The molecule has 0 radical (unpaired) electrons. The van der Waals surface area contributed by atoms with Crippen LogP contribution in [0.25, 0.3) is 0 Å². The first-order valence-corrected chi connectivity index (χ1v) is 7.45. The van der Waals surface area contributed by atoms with Crippen molar-refractivity contribution in [3.8, 4) is 0 Å². The number of halogens is 1. The monoisotopic (exact) mass is 285 g/mol. The van der Waals surface area contributed by atoms with Gasteiger partial charge >= 0.3 is 0 Å². The lowest BCUT2D eigenvalue weighted by molar-refractivity contribution is -0.0842. The lowest BCUT2D eigenvalue weighted by atomic mass is 9.75. The van der Waals surface area contributed by atoms with Gasteiger partial charge in [0.1, 0.15) is 0 Å². The van der Waals surface area contributed by atoms with Crippen LogP contribution in [0.15, 0.2) is 6.20 Å². The first kappa shape index (κ1) is 14.8. The summed E-state index contributed by atoms with van der Waals surface area (Å²) in [6.07, 6.45) is 7.33. The SMILES string of the molecule is CCCNC(CC1(OC)CCC1)c1c(Cl)cnn1C. The molecule has 1 aliphatic carbocycles. The van der Waals surface area contributed by atoms with Gasteiger partial charge in [-0.3, -0.25) is 4.68 Å². The van der Waals surface area contributed by atoms with Gasteiger partial charge in [-0.05, 0) is 38.6 Å². The number of hydrogen-bond donors (Lipinski definition) is 1. The molecular formula is C14H24ClN3O. The summed E-state index contributed by atoms with van der Waals surface area (Å²) in [5.41, 5.74) is 1.09. The maximum absolute atomic E-state index is 6.29. The summed E-state index contributed by atoms with van der Waals surface area (Å²) < 4.78 is 7.62. The first-order valence-electron chi connectivity index (χ1n) is 7.08. The smallest absolute Gasteiger partial charge is 0.0834 e. The van der Waals surface area contributed by atoms with Gasteiger partial charge in [-0.2, -0.15) is 5.10 Å². The molecule has 1 aromatic heterocycles. The molecule has 1 fully saturated rings. The maximum Gasteiger partial charge on any atom is 0.0834 e. The second-order valence-electron chi connectivity index (χ2n) is 5.45. The highest BCUT2D eigenvalue weighted by Gasteiger charge is 2.40. The summed E-state index contributed by atoms with van der Waals surface area (Å²) in [5.74, 6) is 0. The average Bonchev–Trinajstić information content (AvgIpc) is 2.68. The molecule has 0 saturated heterocycles. The number of nitrogens with zero attached hydrogens (tertiary/aromatic N) is 2. The van der Waals surface area contributed by atoms with Gasteiger partial charge in [0.05, 0.1) is 28.6 Å². The van der Waals surface area contributed by atoms with Crippen LogP contribution in [0.3, 0.4) is 0 Å². The summed E-state index contributed by atoms with van der Waals surface area (Å²) in [6, 6.07) is 0.209. The average molecular weight is 286 g/mol. The minimum atomic E-state index is 0.0268. The molecule has 0 aromatic carbocycles. The van der Waals surface area contributed by atoms with E-state index in [4.69, 9.17) is 16.3 Å². The van der Waals surface area contributed by atoms with E-state index in [0.29, 0.717) is 0 Å². The molecule has 1 heterocycles. The Morgan fingerprint density at radius 3 is 2.74 bits per heavy atom. The van der Waals surface area contributed by atoms with Crippen molar-refractivity contribution in [2.24, 2.45) is 7.05 Å². The lowest BCUT2D eigenvalue weighted by Crippen LogP contribution is -2.43. The molecule has 1 unspecified atom stereocenters. The van der Waals surface area contributed by atoms with Crippen molar-refractivity contribution in [1.82, 2.24) is 15.1 Å². The van der Waals surface area contributed by atoms with E-state index in [0.717, 1.165) is 42.9 Å². The number of nitrogens with one attached hydrogen (secondary N) is 1. The molecule has 1 N–H and O–H groups in total. The standard InChI is InChI=1S/C14H24ClN3O/c1-4-8-16-12(9-14(19-3)6-5-7-14)13-11(15)10-17-18(13)2/h10,12,16H,4-9H2,1-3H3. The number of aryl methyl sites for hydroxylation is 1. The zero-order chi connectivity index (χ0) is 13.9. The molecule has 0 bridgehead atoms. The third-order valence-corrected chi connectivity index (χ3v) is 4.47. The molecule has 1 saturated carbocycles. The number of aromatic nitrogens is 2. The number of rotatable bonds is 7. The Bertz CT molecular complexity index is 390. The number of hydrogen-bond acceptors (Lipinski definition) is 3. The van der Waals surface area contributed by atoms with Crippen LogP contribution in [0, 0.1) is 0 Å². The largest absolute Gasteiger partial charge is 0.378 e. The summed E-state index contributed by atoms with van der Waals surface area (Å²) in [7, 11) is 3.77. The van der Waals surface area contributed by atoms with Crippen molar-refractivity contribution < 1.29 is 4.74 Å². The molecule has 19 heavy (non-hydrogen) atoms. The van der Waals surface area contributed by atoms with Crippen LogP contribution >= 0.6 is 11.6 Å². The van der Waals surface area contributed by atoms with Crippen LogP contribution in [0.1, 0.15) is 50.8 Å². The van der Waals surface area contributed by atoms with E-state index in [1.807, 2.05) is 18.8 Å². The van der Waals surface area contributed by atoms with Crippen molar-refractivity contribution in [3.63, 3.8) is 0 Å². The van der Waals surface area contributed by atoms with Crippen LogP contribution < -0.4 is 5.32 Å². The zero-order valence-corrected chi connectivity index (χ0v) is 12.8. The highest BCUT2D eigenvalue weighted by atomic mass is 35.5. The molecule has 1 aromatic rings. The van der Waals surface area contributed by atoms with Crippen molar-refractivity contribution in [2.75, 3.05) is 13.7 Å². The Labute approximate surface area is 120 Å². The van der Waals surface area contributed by atoms with Gasteiger partial charge in [0.2, 0.25) is 0 Å². The zero-order valence-electron chi connectivity index (χ0n) is 12.1. The van der Waals surface area contributed by atoms with Gasteiger partial charge in [-0.1, -0.05) is 18.5 Å². The minimum Gasteiger partial charge on any atom is -0.378 e. The molecule has 0 aliphatic heterocycles. The quantitative estimate of drug-likeness (QED) is 0.837. The molecular weight excluding hydrogens is 262 g/mol. The minimum absolute atomic E-state index is 0.0268. The van der Waals surface area contributed by atoms with Crippen LogP contribution in [0.5, 0.6) is 0 Å². The third kappa shape index (κ3) is 3.12. The molecule has 1 aliphatic rings. The van der Waals surface area contributed by atoms with Gasteiger partial charge in [-0.15, -0.1) is 0 Å². The summed E-state index contributed by atoms with van der Waals surface area (Å²) in [4.78, 5) is 0. The molecule has 0 amide bonds. The predicted octanol–water partition coefficient (Wildman–Crippen LogP) is 3.07. The fourth-order valence-corrected chi connectivity index (χ4v) is 3.13. The van der Waals surface area contributed by atoms with E-state index in [1.165, 1.54) is 6.42 Å². The van der Waals surface area contributed by atoms with Gasteiger partial charge in [0, 0.05) is 14.2 Å². The van der Waals surface area contributed by atoms with E-state index in [9.17, 15) is 0 Å². The molecule has 0 spiro atoms. The van der Waals surface area contributed by atoms with E-state index in [2.05, 4.69) is 17.3 Å². The Balaban J connectivity index is 2.16. The molecule has 108 valence electrons. The van der Waals surface area contributed by atoms with Gasteiger partial charge in [0.15, 0.2) is 0 Å². The molecule has 5 heteroatoms. The Kier molecular flexibility index (Phi) is 4.87. The second-order valence-corrected chi connectivity index (χ2v) is 5.86.